The fraction of sp³-hybridized carbons (Fsp3) is 0.449. The molecule has 5 heterocycles. The summed E-state index contributed by atoms with van der Waals surface area (Å²) in [6, 6.07) is 17.8. The largest absolute Gasteiger partial charge is 0.508 e. The van der Waals surface area contributed by atoms with E-state index in [0.29, 0.717) is 39.6 Å². The van der Waals surface area contributed by atoms with Gasteiger partial charge in [0, 0.05) is 66.6 Å². The van der Waals surface area contributed by atoms with E-state index in [4.69, 9.17) is 15.2 Å². The fourth-order valence-corrected chi connectivity index (χ4v) is 12.5. The molecule has 0 spiro atoms. The molecule has 2 aromatic heterocycles. The standard InChI is InChI=1S/C69H86N12O15/c1-37(2)28-49-63(88)79-53(29-39-22-24-43(82)25-23-39)69(94)81-27-13-21-54(81)66(91)77-50(30-41-33-71-46-18-10-8-16-44(41)46)61(86)73-35-55-59(95-36-40-14-6-5-7-15-40)58(85)60(96-55)68(93)78-52(32-56(83)84)64(89)76-51(31-42-34-72-47-19-11-9-17-45(42)47)65(90)80-57(38(3)4)67(92)74-48(20-12-26-70)62(87)75-49/h5-11,14-19,22-25,33-34,37-38,48-55,57-60,71-72,82,85H,12-13,20-21,26-32,35-36,70H2,1-4H3,(H,73,86)(H,74,92)(H,75,87)(H,76,89)(H,77,91)(H,78,93)(H,79,88)(H,80,90)(H,83,84)/t48-,49-,50-,51-,52-,53+,54-,55+,57-,58-,59+,60+/m0/s1. The summed E-state index contributed by atoms with van der Waals surface area (Å²) in [5.41, 5.74) is 9.71. The number of carbonyl (C=O) groups is 10. The first-order valence-electron chi connectivity index (χ1n) is 32.5. The molecular formula is C69H86N12O15. The highest BCUT2D eigenvalue weighted by atomic mass is 16.6. The fourth-order valence-electron chi connectivity index (χ4n) is 12.5. The predicted octanol–water partition coefficient (Wildman–Crippen LogP) is 1.53. The van der Waals surface area contributed by atoms with E-state index >= 15 is 4.79 Å². The highest BCUT2D eigenvalue weighted by Crippen LogP contribution is 2.28. The van der Waals surface area contributed by atoms with Crippen LogP contribution >= 0.6 is 0 Å². The van der Waals surface area contributed by atoms with Gasteiger partial charge in [0.1, 0.15) is 72.4 Å². The summed E-state index contributed by atoms with van der Waals surface area (Å²) in [7, 11) is 0. The Labute approximate surface area is 554 Å². The van der Waals surface area contributed by atoms with Crippen LogP contribution in [-0.4, -0.2) is 182 Å². The molecule has 96 heavy (non-hydrogen) atoms. The summed E-state index contributed by atoms with van der Waals surface area (Å²) in [4.78, 5) is 154. The SMILES string of the molecule is CC(C)C[C@@H]1NC(=O)[C@H](CCCN)NC(=O)[C@H](C(C)C)NC(=O)[C@H](Cc2c[nH]c3ccccc23)NC(=O)[C@H](CC(=O)O)NC(=O)[C@@H]2O[C@H](CNC(=O)[C@H](Cc3c[nH]c4ccccc34)NC(=O)[C@@H]3CCCN3C(=O)[C@@H](Cc3ccc(O)cc3)NC1=O)[C@@H](OCc1ccccc1)[C@@H]2O. The summed E-state index contributed by atoms with van der Waals surface area (Å²) < 4.78 is 12.5. The van der Waals surface area contributed by atoms with Crippen LogP contribution < -0.4 is 48.3 Å². The van der Waals surface area contributed by atoms with Gasteiger partial charge in [-0.05, 0) is 97.0 Å². The van der Waals surface area contributed by atoms with Crippen molar-refractivity contribution < 1.29 is 72.7 Å². The maximum absolute atomic E-state index is 15.2. The molecule has 0 saturated carbocycles. The van der Waals surface area contributed by atoms with Gasteiger partial charge in [0.05, 0.1) is 13.0 Å². The first-order valence-corrected chi connectivity index (χ1v) is 32.5. The average Bonchev–Trinajstić information content (AvgIpc) is 1.66. The number of aromatic hydroxyl groups is 1. The Morgan fingerprint density at radius 1 is 0.615 bits per heavy atom. The highest BCUT2D eigenvalue weighted by Gasteiger charge is 2.49. The van der Waals surface area contributed by atoms with Gasteiger partial charge in [0.25, 0.3) is 5.91 Å². The molecule has 3 aliphatic heterocycles. The number of carboxylic acid groups (broad SMARTS) is 1. The molecule has 9 rings (SSSR count). The quantitative estimate of drug-likeness (QED) is 0.0616. The second-order valence-corrected chi connectivity index (χ2v) is 25.5. The summed E-state index contributed by atoms with van der Waals surface area (Å²) in [6.07, 6.45) is -3.82. The Balaban J connectivity index is 1.09. The molecule has 3 saturated heterocycles. The highest BCUT2D eigenvalue weighted by molar-refractivity contribution is 6.00. The molecular weight excluding hydrogens is 1240 g/mol. The van der Waals surface area contributed by atoms with Gasteiger partial charge in [-0.25, -0.2) is 0 Å². The van der Waals surface area contributed by atoms with E-state index in [1.807, 2.05) is 38.1 Å². The number of nitrogens with two attached hydrogens (primary N) is 1. The molecule has 15 N–H and O–H groups in total. The van der Waals surface area contributed by atoms with Gasteiger partial charge in [-0.3, -0.25) is 47.9 Å². The van der Waals surface area contributed by atoms with Crippen LogP contribution in [0, 0.1) is 11.8 Å². The number of nitrogens with one attached hydrogen (secondary N) is 10. The molecule has 0 aliphatic carbocycles. The van der Waals surface area contributed by atoms with Crippen LogP contribution in [0.3, 0.4) is 0 Å². The van der Waals surface area contributed by atoms with E-state index in [2.05, 4.69) is 52.5 Å². The van der Waals surface area contributed by atoms with Crippen LogP contribution in [0.15, 0.2) is 116 Å². The number of aliphatic hydroxyl groups excluding tert-OH is 1. The number of amides is 9. The first kappa shape index (κ1) is 70.6. The van der Waals surface area contributed by atoms with E-state index in [-0.39, 0.29) is 76.3 Å². The molecule has 512 valence electrons. The van der Waals surface area contributed by atoms with E-state index in [0.717, 1.165) is 10.9 Å². The van der Waals surface area contributed by atoms with Crippen molar-refractivity contribution in [1.82, 2.24) is 57.4 Å². The zero-order chi connectivity index (χ0) is 68.7. The Morgan fingerprint density at radius 3 is 1.79 bits per heavy atom. The normalized spacial score (nSPS) is 25.7. The van der Waals surface area contributed by atoms with Crippen LogP contribution in [0.25, 0.3) is 21.8 Å². The molecule has 2 bridgehead atoms. The molecule has 9 amide bonds. The van der Waals surface area contributed by atoms with Gasteiger partial charge < -0.3 is 87.9 Å². The third-order valence-electron chi connectivity index (χ3n) is 17.6. The van der Waals surface area contributed by atoms with Crippen LogP contribution in [0.4, 0.5) is 0 Å². The number of aliphatic hydroxyl groups is 1. The van der Waals surface area contributed by atoms with Crippen LogP contribution in [0.1, 0.15) is 88.5 Å². The van der Waals surface area contributed by atoms with Gasteiger partial charge in [-0.1, -0.05) is 107 Å². The molecule has 12 atom stereocenters. The lowest BCUT2D eigenvalue weighted by Gasteiger charge is -2.31. The number of H-pyrrole nitrogens is 2. The summed E-state index contributed by atoms with van der Waals surface area (Å²) >= 11 is 0. The van der Waals surface area contributed by atoms with Crippen LogP contribution in [0.2, 0.25) is 0 Å². The van der Waals surface area contributed by atoms with Crippen molar-refractivity contribution in [3.8, 4) is 5.75 Å². The van der Waals surface area contributed by atoms with Crippen molar-refractivity contribution in [2.45, 2.75) is 165 Å². The van der Waals surface area contributed by atoms with Crippen molar-refractivity contribution >= 4 is 80.9 Å². The van der Waals surface area contributed by atoms with Gasteiger partial charge in [-0.15, -0.1) is 0 Å². The Hall–Kier alpha value is -9.70. The minimum atomic E-state index is -1.93. The summed E-state index contributed by atoms with van der Waals surface area (Å²) in [6.45, 7) is 6.49. The van der Waals surface area contributed by atoms with Crippen molar-refractivity contribution in [3.05, 3.63) is 138 Å². The number of phenols is 1. The summed E-state index contributed by atoms with van der Waals surface area (Å²) in [5.74, 6) is -10.3. The number of carboxylic acids is 1. The monoisotopic (exact) mass is 1320 g/mol. The molecule has 0 unspecified atom stereocenters. The number of aromatic amines is 2. The number of phenolic OH excluding ortho intramolecular Hbond substituents is 1. The number of para-hydroxylation sites is 2. The van der Waals surface area contributed by atoms with E-state index in [1.165, 1.54) is 17.0 Å². The zero-order valence-electron chi connectivity index (χ0n) is 54.0. The number of ether oxygens (including phenoxy) is 2. The summed E-state index contributed by atoms with van der Waals surface area (Å²) in [5, 5.41) is 55.8. The molecule has 6 aromatic rings. The molecule has 27 nitrogen and oxygen atoms in total. The Kier molecular flexibility index (Phi) is 24.0. The van der Waals surface area contributed by atoms with Gasteiger partial charge in [0.15, 0.2) is 6.10 Å². The van der Waals surface area contributed by atoms with Crippen molar-refractivity contribution in [2.75, 3.05) is 19.6 Å². The number of hydrogen-bond acceptors (Lipinski definition) is 15. The molecule has 4 aromatic carbocycles. The van der Waals surface area contributed by atoms with Gasteiger partial charge in [-0.2, -0.15) is 0 Å². The number of rotatable bonds is 17. The number of nitrogens with zero attached hydrogens (tertiary/aromatic N) is 1. The minimum Gasteiger partial charge on any atom is -0.508 e. The number of fused-ring (bicyclic) bond motifs is 5. The van der Waals surface area contributed by atoms with E-state index in [9.17, 15) is 58.5 Å². The average molecular weight is 1320 g/mol. The zero-order valence-corrected chi connectivity index (χ0v) is 54.0. The number of aliphatic carboxylic acids is 1. The van der Waals surface area contributed by atoms with Crippen LogP contribution in [0.5, 0.6) is 5.75 Å². The minimum absolute atomic E-state index is 0.0333. The third-order valence-corrected chi connectivity index (χ3v) is 17.6. The number of hydrogen-bond donors (Lipinski definition) is 14. The number of benzene rings is 4. The molecule has 3 fully saturated rings. The molecule has 0 radical (unpaired) electrons. The van der Waals surface area contributed by atoms with Crippen molar-refractivity contribution in [1.29, 1.82) is 0 Å². The molecule has 27 heteroatoms. The Morgan fingerprint density at radius 2 is 1.17 bits per heavy atom. The Bertz CT molecular complexity index is 3750. The van der Waals surface area contributed by atoms with Crippen LogP contribution in [-0.2, 0) is 83.3 Å². The second kappa shape index (κ2) is 32.6. The number of aromatic nitrogens is 2. The van der Waals surface area contributed by atoms with Crippen molar-refractivity contribution in [2.24, 2.45) is 17.6 Å². The topological polar surface area (TPSA) is 407 Å². The van der Waals surface area contributed by atoms with Crippen molar-refractivity contribution in [3.63, 3.8) is 0 Å². The first-order chi connectivity index (χ1) is 46.0. The smallest absolute Gasteiger partial charge is 0.305 e. The predicted molar refractivity (Wildman–Crippen MR) is 352 cm³/mol. The van der Waals surface area contributed by atoms with E-state index in [1.54, 1.807) is 93.0 Å². The third kappa shape index (κ3) is 18.0. The van der Waals surface area contributed by atoms with Gasteiger partial charge in [0.2, 0.25) is 47.3 Å². The molecule has 3 aliphatic rings. The lowest BCUT2D eigenvalue weighted by atomic mass is 9.98. The lowest BCUT2D eigenvalue weighted by molar-refractivity contribution is -0.143. The maximum atomic E-state index is 15.2. The number of carbonyl (C=O) groups excluding carboxylic acids is 9. The lowest BCUT2D eigenvalue weighted by Crippen LogP contribution is -2.61. The second-order valence-electron chi connectivity index (χ2n) is 25.5. The van der Waals surface area contributed by atoms with Gasteiger partial charge >= 0.3 is 5.97 Å². The van der Waals surface area contributed by atoms with E-state index < -0.39 is 151 Å². The maximum Gasteiger partial charge on any atom is 0.305 e.